The van der Waals surface area contributed by atoms with Gasteiger partial charge in [-0.05, 0) is 36.8 Å². The summed E-state index contributed by atoms with van der Waals surface area (Å²) >= 11 is 0. The molecule has 4 nitrogen and oxygen atoms in total. The zero-order valence-corrected chi connectivity index (χ0v) is 14.6. The second-order valence-electron chi connectivity index (χ2n) is 7.33. The van der Waals surface area contributed by atoms with Crippen LogP contribution in [-0.4, -0.2) is 40.1 Å². The predicted octanol–water partition coefficient (Wildman–Crippen LogP) is 3.33. The minimum absolute atomic E-state index is 0.166. The Kier molecular flexibility index (Phi) is 6.18. The molecule has 0 spiro atoms. The van der Waals surface area contributed by atoms with E-state index in [-0.39, 0.29) is 5.92 Å². The van der Waals surface area contributed by atoms with Crippen LogP contribution in [0.1, 0.15) is 58.4 Å². The number of rotatable bonds is 7. The van der Waals surface area contributed by atoms with Crippen molar-refractivity contribution in [3.05, 3.63) is 18.0 Å². The standard InChI is InChI=1S/C18H31N3O/c1-14(2)17-10-19-21(13-17)12-16-6-5-8-20(11-16)9-7-18(22)15(3)4/h10,13-16H,5-9,11-12H2,1-4H3. The van der Waals surface area contributed by atoms with E-state index in [0.29, 0.717) is 24.0 Å². The second-order valence-corrected chi connectivity index (χ2v) is 7.33. The SMILES string of the molecule is CC(C)C(=O)CCN1CCCC(Cn2cc(C(C)C)cn2)C1. The predicted molar refractivity (Wildman–Crippen MR) is 89.9 cm³/mol. The van der Waals surface area contributed by atoms with E-state index in [9.17, 15) is 4.79 Å². The molecule has 0 bridgehead atoms. The fraction of sp³-hybridized carbons (Fsp3) is 0.778. The number of ketones is 1. The summed E-state index contributed by atoms with van der Waals surface area (Å²) < 4.78 is 2.10. The fourth-order valence-corrected chi connectivity index (χ4v) is 3.10. The van der Waals surface area contributed by atoms with Gasteiger partial charge >= 0.3 is 0 Å². The monoisotopic (exact) mass is 305 g/mol. The summed E-state index contributed by atoms with van der Waals surface area (Å²) in [4.78, 5) is 14.2. The van der Waals surface area contributed by atoms with Gasteiger partial charge in [-0.15, -0.1) is 0 Å². The first kappa shape index (κ1) is 17.2. The van der Waals surface area contributed by atoms with Gasteiger partial charge in [-0.25, -0.2) is 0 Å². The fourth-order valence-electron chi connectivity index (χ4n) is 3.10. The maximum Gasteiger partial charge on any atom is 0.136 e. The molecule has 0 saturated carbocycles. The normalized spacial score (nSPS) is 20.0. The van der Waals surface area contributed by atoms with E-state index in [1.807, 2.05) is 20.0 Å². The highest BCUT2D eigenvalue weighted by molar-refractivity contribution is 5.80. The van der Waals surface area contributed by atoms with Gasteiger partial charge in [-0.3, -0.25) is 9.48 Å². The molecule has 0 aliphatic carbocycles. The van der Waals surface area contributed by atoms with Crippen LogP contribution in [0, 0.1) is 11.8 Å². The van der Waals surface area contributed by atoms with Gasteiger partial charge in [0.15, 0.2) is 0 Å². The molecule has 1 aliphatic rings. The Morgan fingerprint density at radius 3 is 2.77 bits per heavy atom. The number of Topliss-reactive ketones (excluding diaryl/α,β-unsaturated/α-hetero) is 1. The van der Waals surface area contributed by atoms with E-state index in [2.05, 4.69) is 34.7 Å². The number of hydrogen-bond acceptors (Lipinski definition) is 3. The molecule has 4 heteroatoms. The lowest BCUT2D eigenvalue weighted by molar-refractivity contribution is -0.122. The lowest BCUT2D eigenvalue weighted by Gasteiger charge is -2.32. The first-order valence-electron chi connectivity index (χ1n) is 8.73. The Morgan fingerprint density at radius 2 is 2.14 bits per heavy atom. The van der Waals surface area contributed by atoms with E-state index in [0.717, 1.165) is 26.2 Å². The number of piperidine rings is 1. The largest absolute Gasteiger partial charge is 0.303 e. The molecule has 1 unspecified atom stereocenters. The van der Waals surface area contributed by atoms with Gasteiger partial charge in [0.1, 0.15) is 5.78 Å². The second kappa shape index (κ2) is 7.91. The maximum absolute atomic E-state index is 11.8. The van der Waals surface area contributed by atoms with Gasteiger partial charge in [0, 0.05) is 38.2 Å². The van der Waals surface area contributed by atoms with Crippen molar-refractivity contribution in [3.8, 4) is 0 Å². The Balaban J connectivity index is 1.81. The highest BCUT2D eigenvalue weighted by atomic mass is 16.1. The highest BCUT2D eigenvalue weighted by Crippen LogP contribution is 2.20. The minimum atomic E-state index is 0.166. The van der Waals surface area contributed by atoms with Crippen LogP contribution in [0.3, 0.4) is 0 Å². The first-order chi connectivity index (χ1) is 10.5. The van der Waals surface area contributed by atoms with Gasteiger partial charge in [0.2, 0.25) is 0 Å². The topological polar surface area (TPSA) is 38.1 Å². The van der Waals surface area contributed by atoms with Crippen molar-refractivity contribution >= 4 is 5.78 Å². The molecule has 124 valence electrons. The van der Waals surface area contributed by atoms with E-state index in [1.165, 1.54) is 18.4 Å². The average Bonchev–Trinajstić information content (AvgIpc) is 2.93. The Bertz CT molecular complexity index is 478. The van der Waals surface area contributed by atoms with Crippen LogP contribution >= 0.6 is 0 Å². The van der Waals surface area contributed by atoms with Crippen molar-refractivity contribution in [3.63, 3.8) is 0 Å². The zero-order valence-electron chi connectivity index (χ0n) is 14.6. The summed E-state index contributed by atoms with van der Waals surface area (Å²) in [5.41, 5.74) is 1.31. The van der Waals surface area contributed by atoms with Crippen LogP contribution in [0.15, 0.2) is 12.4 Å². The third-order valence-electron chi connectivity index (χ3n) is 4.69. The van der Waals surface area contributed by atoms with Crippen molar-refractivity contribution in [2.45, 2.75) is 59.4 Å². The molecule has 1 atom stereocenters. The van der Waals surface area contributed by atoms with Gasteiger partial charge in [0.25, 0.3) is 0 Å². The molecule has 0 radical (unpaired) electrons. The maximum atomic E-state index is 11.8. The third-order valence-corrected chi connectivity index (χ3v) is 4.69. The quantitative estimate of drug-likeness (QED) is 0.775. The molecule has 22 heavy (non-hydrogen) atoms. The molecule has 1 aromatic heterocycles. The molecule has 1 fully saturated rings. The summed E-state index contributed by atoms with van der Waals surface area (Å²) in [7, 11) is 0. The number of nitrogens with zero attached hydrogens (tertiary/aromatic N) is 3. The van der Waals surface area contributed by atoms with Crippen LogP contribution in [-0.2, 0) is 11.3 Å². The summed E-state index contributed by atoms with van der Waals surface area (Å²) in [6, 6.07) is 0. The minimum Gasteiger partial charge on any atom is -0.303 e. The summed E-state index contributed by atoms with van der Waals surface area (Å²) in [6.07, 6.45) is 7.38. The lowest BCUT2D eigenvalue weighted by atomic mass is 9.97. The summed E-state index contributed by atoms with van der Waals surface area (Å²) in [5.74, 6) is 1.75. The third kappa shape index (κ3) is 4.94. The zero-order chi connectivity index (χ0) is 16.1. The first-order valence-corrected chi connectivity index (χ1v) is 8.73. The van der Waals surface area contributed by atoms with E-state index in [4.69, 9.17) is 0 Å². The Hall–Kier alpha value is -1.16. The Labute approximate surface area is 134 Å². The van der Waals surface area contributed by atoms with E-state index < -0.39 is 0 Å². The summed E-state index contributed by atoms with van der Waals surface area (Å²) in [6.45, 7) is 12.5. The van der Waals surface area contributed by atoms with Crippen molar-refractivity contribution in [2.24, 2.45) is 11.8 Å². The molecule has 1 saturated heterocycles. The molecule has 0 N–H and O–H groups in total. The van der Waals surface area contributed by atoms with Gasteiger partial charge in [-0.2, -0.15) is 5.10 Å². The van der Waals surface area contributed by atoms with E-state index >= 15 is 0 Å². The van der Waals surface area contributed by atoms with Crippen molar-refractivity contribution in [2.75, 3.05) is 19.6 Å². The van der Waals surface area contributed by atoms with Crippen LogP contribution in [0.2, 0.25) is 0 Å². The summed E-state index contributed by atoms with van der Waals surface area (Å²) in [5, 5.41) is 4.50. The number of hydrogen-bond donors (Lipinski definition) is 0. The number of carbonyl (C=O) groups excluding carboxylic acids is 1. The molecular formula is C18H31N3O. The molecule has 2 heterocycles. The number of likely N-dealkylation sites (tertiary alicyclic amines) is 1. The molecule has 0 aromatic carbocycles. The van der Waals surface area contributed by atoms with Crippen molar-refractivity contribution in [1.82, 2.24) is 14.7 Å². The van der Waals surface area contributed by atoms with Crippen molar-refractivity contribution in [1.29, 1.82) is 0 Å². The molecule has 1 aliphatic heterocycles. The smallest absolute Gasteiger partial charge is 0.136 e. The average molecular weight is 305 g/mol. The molecule has 1 aromatic rings. The molecular weight excluding hydrogens is 274 g/mol. The molecule has 2 rings (SSSR count). The van der Waals surface area contributed by atoms with Crippen LogP contribution in [0.25, 0.3) is 0 Å². The van der Waals surface area contributed by atoms with Gasteiger partial charge in [0.05, 0.1) is 6.20 Å². The molecule has 0 amide bonds. The van der Waals surface area contributed by atoms with Gasteiger partial charge in [-0.1, -0.05) is 27.7 Å². The van der Waals surface area contributed by atoms with Crippen LogP contribution in [0.4, 0.5) is 0 Å². The van der Waals surface area contributed by atoms with Crippen LogP contribution in [0.5, 0.6) is 0 Å². The van der Waals surface area contributed by atoms with Crippen LogP contribution < -0.4 is 0 Å². The Morgan fingerprint density at radius 1 is 1.36 bits per heavy atom. The number of carbonyl (C=O) groups is 1. The van der Waals surface area contributed by atoms with Crippen molar-refractivity contribution < 1.29 is 4.79 Å². The van der Waals surface area contributed by atoms with E-state index in [1.54, 1.807) is 0 Å². The number of aromatic nitrogens is 2. The lowest BCUT2D eigenvalue weighted by Crippen LogP contribution is -2.38. The van der Waals surface area contributed by atoms with Gasteiger partial charge < -0.3 is 4.90 Å². The highest BCUT2D eigenvalue weighted by Gasteiger charge is 2.21.